The highest BCUT2D eigenvalue weighted by atomic mass is 32.2. The second-order valence-electron chi connectivity index (χ2n) is 6.75. The molecule has 13 heteroatoms. The summed E-state index contributed by atoms with van der Waals surface area (Å²) in [5.41, 5.74) is 0.857. The van der Waals surface area contributed by atoms with Gasteiger partial charge in [-0.2, -0.15) is 18.3 Å². The van der Waals surface area contributed by atoms with Gasteiger partial charge in [0.05, 0.1) is 11.3 Å². The predicted octanol–water partition coefficient (Wildman–Crippen LogP) is 4.44. The number of carbonyl (C=O) groups is 1. The Labute approximate surface area is 187 Å². The molecule has 0 aliphatic carbocycles. The number of hydrogen-bond acceptors (Lipinski definition) is 7. The van der Waals surface area contributed by atoms with Crippen LogP contribution in [0.3, 0.4) is 0 Å². The zero-order valence-corrected chi connectivity index (χ0v) is 18.3. The molecular formula is C19H15F3N6O2S2. The van der Waals surface area contributed by atoms with E-state index in [4.69, 9.17) is 5.11 Å². The molecule has 0 atom stereocenters. The van der Waals surface area contributed by atoms with Gasteiger partial charge in [0.1, 0.15) is 5.69 Å². The summed E-state index contributed by atoms with van der Waals surface area (Å²) in [5.74, 6) is -0.0403. The summed E-state index contributed by atoms with van der Waals surface area (Å²) < 4.78 is 42.4. The Morgan fingerprint density at radius 3 is 2.59 bits per heavy atom. The summed E-state index contributed by atoms with van der Waals surface area (Å²) in [6, 6.07) is 7.49. The van der Waals surface area contributed by atoms with Gasteiger partial charge in [0.15, 0.2) is 16.7 Å². The number of halogens is 3. The molecule has 0 spiro atoms. The molecule has 0 saturated carbocycles. The van der Waals surface area contributed by atoms with Crippen LogP contribution in [-0.2, 0) is 19.0 Å². The van der Waals surface area contributed by atoms with Crippen molar-refractivity contribution in [3.05, 3.63) is 58.2 Å². The van der Waals surface area contributed by atoms with Crippen molar-refractivity contribution in [2.45, 2.75) is 24.0 Å². The van der Waals surface area contributed by atoms with Crippen molar-refractivity contribution in [2.75, 3.05) is 0 Å². The van der Waals surface area contributed by atoms with Crippen molar-refractivity contribution >= 4 is 29.1 Å². The largest absolute Gasteiger partial charge is 0.478 e. The molecule has 0 amide bonds. The maximum absolute atomic E-state index is 13.3. The number of alkyl halides is 3. The van der Waals surface area contributed by atoms with E-state index in [0.717, 1.165) is 27.6 Å². The van der Waals surface area contributed by atoms with Crippen LogP contribution in [0.2, 0.25) is 0 Å². The summed E-state index contributed by atoms with van der Waals surface area (Å²) in [6.07, 6.45) is -4.55. The molecule has 32 heavy (non-hydrogen) atoms. The molecule has 1 N–H and O–H groups in total. The number of benzene rings is 1. The topological polar surface area (TPSA) is 98.7 Å². The second kappa shape index (κ2) is 8.39. The van der Waals surface area contributed by atoms with Crippen molar-refractivity contribution in [2.24, 2.45) is 7.05 Å². The molecule has 0 saturated heterocycles. The van der Waals surface area contributed by atoms with E-state index in [0.29, 0.717) is 22.4 Å². The number of carboxylic acids is 1. The first-order chi connectivity index (χ1) is 15.1. The Bertz CT molecular complexity index is 1280. The smallest absolute Gasteiger partial charge is 0.433 e. The number of nitrogens with zero attached hydrogens (tertiary/aromatic N) is 6. The average Bonchev–Trinajstić information content (AvgIpc) is 3.44. The number of thioether (sulfide) groups is 1. The van der Waals surface area contributed by atoms with E-state index in [-0.39, 0.29) is 16.4 Å². The van der Waals surface area contributed by atoms with Crippen LogP contribution in [-0.4, -0.2) is 40.6 Å². The molecule has 0 bridgehead atoms. The number of thiazole rings is 1. The Morgan fingerprint density at radius 2 is 1.94 bits per heavy atom. The Morgan fingerprint density at radius 1 is 1.22 bits per heavy atom. The highest BCUT2D eigenvalue weighted by Crippen LogP contribution is 2.33. The number of aryl methyl sites for hydroxylation is 1. The molecule has 0 fully saturated rings. The number of aromatic nitrogens is 6. The van der Waals surface area contributed by atoms with Crippen molar-refractivity contribution in [3.8, 4) is 16.6 Å². The van der Waals surface area contributed by atoms with E-state index in [1.54, 1.807) is 29.1 Å². The first-order valence-electron chi connectivity index (χ1n) is 9.08. The molecule has 8 nitrogen and oxygen atoms in total. The van der Waals surface area contributed by atoms with Gasteiger partial charge in [-0.05, 0) is 30.7 Å². The van der Waals surface area contributed by atoms with Crippen LogP contribution in [0.4, 0.5) is 13.2 Å². The molecule has 4 rings (SSSR count). The van der Waals surface area contributed by atoms with Crippen LogP contribution in [0, 0.1) is 6.92 Å². The van der Waals surface area contributed by atoms with Gasteiger partial charge in [-0.25, -0.2) is 14.5 Å². The third kappa shape index (κ3) is 4.39. The molecule has 4 aromatic rings. The van der Waals surface area contributed by atoms with Crippen LogP contribution < -0.4 is 0 Å². The lowest BCUT2D eigenvalue weighted by atomic mass is 10.1. The SMILES string of the molecule is Cc1cc(C(F)(F)F)n(-c2nc(-c3nnc(SCc4ccc(C(=O)O)cc4)n3C)cs2)n1. The lowest BCUT2D eigenvalue weighted by Gasteiger charge is -2.07. The first kappa shape index (κ1) is 22.0. The van der Waals surface area contributed by atoms with Gasteiger partial charge in [-0.1, -0.05) is 23.9 Å². The highest BCUT2D eigenvalue weighted by Gasteiger charge is 2.36. The predicted molar refractivity (Wildman–Crippen MR) is 112 cm³/mol. The van der Waals surface area contributed by atoms with Crippen LogP contribution in [0.1, 0.15) is 27.3 Å². The Hall–Kier alpha value is -3.19. The zero-order valence-electron chi connectivity index (χ0n) is 16.7. The van der Waals surface area contributed by atoms with E-state index in [2.05, 4.69) is 20.3 Å². The summed E-state index contributed by atoms with van der Waals surface area (Å²) in [7, 11) is 1.74. The van der Waals surface area contributed by atoms with Gasteiger partial charge in [0.2, 0.25) is 5.13 Å². The van der Waals surface area contributed by atoms with Gasteiger partial charge in [0.25, 0.3) is 0 Å². The van der Waals surface area contributed by atoms with Crippen LogP contribution >= 0.6 is 23.1 Å². The molecule has 0 radical (unpaired) electrons. The first-order valence-corrected chi connectivity index (χ1v) is 10.9. The van der Waals surface area contributed by atoms with Gasteiger partial charge in [-0.3, -0.25) is 0 Å². The van der Waals surface area contributed by atoms with Gasteiger partial charge in [0, 0.05) is 18.2 Å². The molecule has 1 aromatic carbocycles. The van der Waals surface area contributed by atoms with Gasteiger partial charge < -0.3 is 9.67 Å². The fraction of sp³-hybridized carbons (Fsp3) is 0.211. The number of aromatic carboxylic acids is 1. The van der Waals surface area contributed by atoms with Crippen LogP contribution in [0.25, 0.3) is 16.6 Å². The van der Waals surface area contributed by atoms with Gasteiger partial charge >= 0.3 is 12.1 Å². The number of rotatable bonds is 6. The minimum atomic E-state index is -4.55. The van der Waals surface area contributed by atoms with E-state index < -0.39 is 17.8 Å². The number of carboxylic acid groups (broad SMARTS) is 1. The molecule has 0 aliphatic rings. The molecule has 166 valence electrons. The van der Waals surface area contributed by atoms with Crippen LogP contribution in [0.15, 0.2) is 40.9 Å². The third-order valence-electron chi connectivity index (χ3n) is 4.43. The molecule has 3 heterocycles. The summed E-state index contributed by atoms with van der Waals surface area (Å²) in [4.78, 5) is 15.2. The molecule has 0 unspecified atom stereocenters. The van der Waals surface area contributed by atoms with Crippen molar-refractivity contribution in [1.82, 2.24) is 29.5 Å². The quantitative estimate of drug-likeness (QED) is 0.407. The average molecular weight is 480 g/mol. The minimum absolute atomic E-state index is 0.0798. The lowest BCUT2D eigenvalue weighted by Crippen LogP contribution is -2.13. The van der Waals surface area contributed by atoms with Crippen molar-refractivity contribution in [3.63, 3.8) is 0 Å². The zero-order chi connectivity index (χ0) is 23.0. The normalized spacial score (nSPS) is 11.8. The fourth-order valence-electron chi connectivity index (χ4n) is 2.87. The number of hydrogen-bond donors (Lipinski definition) is 1. The highest BCUT2D eigenvalue weighted by molar-refractivity contribution is 7.98. The van der Waals surface area contributed by atoms with Gasteiger partial charge in [-0.15, -0.1) is 21.5 Å². The molecule has 0 aliphatic heterocycles. The van der Waals surface area contributed by atoms with E-state index >= 15 is 0 Å². The maximum Gasteiger partial charge on any atom is 0.433 e. The summed E-state index contributed by atoms with van der Waals surface area (Å²) in [6.45, 7) is 1.49. The monoisotopic (exact) mass is 480 g/mol. The summed E-state index contributed by atoms with van der Waals surface area (Å²) in [5, 5.41) is 23.4. The standard InChI is InChI=1S/C19H15F3N6O2S2/c1-10-7-14(19(20,21)22)28(26-10)17-23-13(9-32-17)15-24-25-18(27(15)2)31-8-11-3-5-12(6-4-11)16(29)30/h3-7,9H,8H2,1-2H3,(H,29,30). The summed E-state index contributed by atoms with van der Waals surface area (Å²) >= 11 is 2.42. The Balaban J connectivity index is 1.53. The maximum atomic E-state index is 13.3. The third-order valence-corrected chi connectivity index (χ3v) is 6.34. The fourth-order valence-corrected chi connectivity index (χ4v) is 4.50. The van der Waals surface area contributed by atoms with E-state index in [9.17, 15) is 18.0 Å². The van der Waals surface area contributed by atoms with Crippen molar-refractivity contribution in [1.29, 1.82) is 0 Å². The van der Waals surface area contributed by atoms with Crippen molar-refractivity contribution < 1.29 is 23.1 Å². The van der Waals surface area contributed by atoms with Crippen LogP contribution in [0.5, 0.6) is 0 Å². The second-order valence-corrected chi connectivity index (χ2v) is 8.53. The van der Waals surface area contributed by atoms with E-state index in [1.165, 1.54) is 30.8 Å². The Kier molecular flexibility index (Phi) is 5.77. The van der Waals surface area contributed by atoms with E-state index in [1.807, 2.05) is 0 Å². The minimum Gasteiger partial charge on any atom is -0.478 e. The molecule has 3 aromatic heterocycles. The lowest BCUT2D eigenvalue weighted by molar-refractivity contribution is -0.142. The molecular weight excluding hydrogens is 465 g/mol.